The topological polar surface area (TPSA) is 34.1 Å². The minimum Gasteiger partial charge on any atom is -0.485 e. The first-order valence-corrected chi connectivity index (χ1v) is 7.89. The monoisotopic (exact) mass is 448 g/mol. The fourth-order valence-corrected chi connectivity index (χ4v) is 4.00. The van der Waals surface area contributed by atoms with Gasteiger partial charge in [0.15, 0.2) is 0 Å². The van der Waals surface area contributed by atoms with Gasteiger partial charge in [0, 0.05) is 11.5 Å². The maximum absolute atomic E-state index is 5.80. The number of anilines is 1. The smallest absolute Gasteiger partial charge is 0.148 e. The van der Waals surface area contributed by atoms with Crippen LogP contribution in [0.5, 0.6) is 5.75 Å². The number of nitrogens with one attached hydrogen (secondary N) is 1. The van der Waals surface area contributed by atoms with Crippen LogP contribution in [-0.2, 0) is 6.61 Å². The zero-order valence-electron chi connectivity index (χ0n) is 10.1. The molecule has 6 heteroatoms. The van der Waals surface area contributed by atoms with Crippen molar-refractivity contribution < 1.29 is 4.74 Å². The number of benzene rings is 1. The molecule has 1 aromatic carbocycles. The van der Waals surface area contributed by atoms with Crippen LogP contribution < -0.4 is 10.1 Å². The Morgan fingerprint density at radius 3 is 2.47 bits per heavy atom. The van der Waals surface area contributed by atoms with Crippen LogP contribution in [0.1, 0.15) is 5.69 Å². The van der Waals surface area contributed by atoms with Crippen LogP contribution in [0.4, 0.5) is 5.82 Å². The van der Waals surface area contributed by atoms with Gasteiger partial charge in [0.05, 0.1) is 14.6 Å². The van der Waals surface area contributed by atoms with Crippen molar-refractivity contribution in [1.29, 1.82) is 0 Å². The molecule has 2 aromatic rings. The standard InChI is InChI=1S/C13H11Br3N2O/c1-17-12-4-2-3-9(18-12)7-19-13-10(15)5-8(14)6-11(13)16/h2-6H,7H2,1H3,(H,17,18). The summed E-state index contributed by atoms with van der Waals surface area (Å²) in [6.07, 6.45) is 0. The minimum atomic E-state index is 0.411. The molecule has 0 radical (unpaired) electrons. The molecule has 0 saturated carbocycles. The van der Waals surface area contributed by atoms with E-state index < -0.39 is 0 Å². The van der Waals surface area contributed by atoms with Gasteiger partial charge in [0.2, 0.25) is 0 Å². The maximum Gasteiger partial charge on any atom is 0.148 e. The number of ether oxygens (including phenoxy) is 1. The lowest BCUT2D eigenvalue weighted by atomic mass is 10.3. The molecule has 0 bridgehead atoms. The van der Waals surface area contributed by atoms with Crippen molar-refractivity contribution in [2.75, 3.05) is 12.4 Å². The Balaban J connectivity index is 2.14. The van der Waals surface area contributed by atoms with Crippen LogP contribution in [0.3, 0.4) is 0 Å². The summed E-state index contributed by atoms with van der Waals surface area (Å²) >= 11 is 10.4. The molecule has 19 heavy (non-hydrogen) atoms. The fraction of sp³-hybridized carbons (Fsp3) is 0.154. The second-order valence-corrected chi connectivity index (χ2v) is 6.38. The van der Waals surface area contributed by atoms with Crippen LogP contribution in [-0.4, -0.2) is 12.0 Å². The zero-order chi connectivity index (χ0) is 13.8. The summed E-state index contributed by atoms with van der Waals surface area (Å²) in [6, 6.07) is 9.68. The van der Waals surface area contributed by atoms with Gasteiger partial charge < -0.3 is 10.1 Å². The first kappa shape index (κ1) is 14.8. The van der Waals surface area contributed by atoms with E-state index in [4.69, 9.17) is 4.74 Å². The predicted octanol–water partition coefficient (Wildman–Crippen LogP) is 4.99. The Kier molecular flexibility index (Phi) is 5.24. The summed E-state index contributed by atoms with van der Waals surface area (Å²) in [6.45, 7) is 0.411. The third-order valence-electron chi connectivity index (χ3n) is 2.39. The van der Waals surface area contributed by atoms with Gasteiger partial charge in [-0.3, -0.25) is 0 Å². The Hall–Kier alpha value is -0.590. The molecule has 1 aromatic heterocycles. The van der Waals surface area contributed by atoms with E-state index in [1.165, 1.54) is 0 Å². The number of hydrogen-bond donors (Lipinski definition) is 1. The summed E-state index contributed by atoms with van der Waals surface area (Å²) in [7, 11) is 1.84. The minimum absolute atomic E-state index is 0.411. The summed E-state index contributed by atoms with van der Waals surface area (Å²) < 4.78 is 8.56. The number of halogens is 3. The number of hydrogen-bond acceptors (Lipinski definition) is 3. The number of nitrogens with zero attached hydrogens (tertiary/aromatic N) is 1. The molecule has 100 valence electrons. The van der Waals surface area contributed by atoms with E-state index in [-0.39, 0.29) is 0 Å². The molecule has 0 atom stereocenters. The molecular weight excluding hydrogens is 440 g/mol. The molecule has 0 saturated heterocycles. The average molecular weight is 451 g/mol. The first-order valence-electron chi connectivity index (χ1n) is 5.51. The Morgan fingerprint density at radius 2 is 1.84 bits per heavy atom. The second-order valence-electron chi connectivity index (χ2n) is 3.75. The third kappa shape index (κ3) is 3.94. The van der Waals surface area contributed by atoms with Gasteiger partial charge in [-0.05, 0) is 56.1 Å². The first-order chi connectivity index (χ1) is 9.10. The van der Waals surface area contributed by atoms with E-state index in [2.05, 4.69) is 58.1 Å². The molecule has 1 N–H and O–H groups in total. The van der Waals surface area contributed by atoms with Crippen LogP contribution in [0.25, 0.3) is 0 Å². The van der Waals surface area contributed by atoms with Crippen LogP contribution in [0.15, 0.2) is 43.7 Å². The highest BCUT2D eigenvalue weighted by atomic mass is 79.9. The van der Waals surface area contributed by atoms with Gasteiger partial charge in [-0.15, -0.1) is 0 Å². The van der Waals surface area contributed by atoms with Crippen molar-refractivity contribution in [1.82, 2.24) is 4.98 Å². The quantitative estimate of drug-likeness (QED) is 0.712. The largest absolute Gasteiger partial charge is 0.485 e. The van der Waals surface area contributed by atoms with Crippen molar-refractivity contribution in [3.8, 4) is 5.75 Å². The third-order valence-corrected chi connectivity index (χ3v) is 4.03. The van der Waals surface area contributed by atoms with Crippen molar-refractivity contribution in [2.24, 2.45) is 0 Å². The fourth-order valence-electron chi connectivity index (χ4n) is 1.51. The normalized spacial score (nSPS) is 10.3. The number of aromatic nitrogens is 1. The molecular formula is C13H11Br3N2O. The highest BCUT2D eigenvalue weighted by Crippen LogP contribution is 2.36. The molecule has 0 fully saturated rings. The number of pyridine rings is 1. The predicted molar refractivity (Wildman–Crippen MR) is 87.7 cm³/mol. The highest BCUT2D eigenvalue weighted by molar-refractivity contribution is 9.11. The van der Waals surface area contributed by atoms with E-state index in [9.17, 15) is 0 Å². The molecule has 0 aliphatic heterocycles. The Labute approximate surface area is 137 Å². The average Bonchev–Trinajstić information content (AvgIpc) is 2.37. The molecule has 0 aliphatic carbocycles. The molecule has 0 amide bonds. The van der Waals surface area contributed by atoms with E-state index in [1.807, 2.05) is 37.4 Å². The summed E-state index contributed by atoms with van der Waals surface area (Å²) in [4.78, 5) is 4.41. The SMILES string of the molecule is CNc1cccc(COc2c(Br)cc(Br)cc2Br)n1. The van der Waals surface area contributed by atoms with Gasteiger partial charge in [-0.2, -0.15) is 0 Å². The van der Waals surface area contributed by atoms with Crippen molar-refractivity contribution in [2.45, 2.75) is 6.61 Å². The van der Waals surface area contributed by atoms with Crippen LogP contribution >= 0.6 is 47.8 Å². The summed E-state index contributed by atoms with van der Waals surface area (Å²) in [5.41, 5.74) is 0.869. The molecule has 2 rings (SSSR count). The van der Waals surface area contributed by atoms with E-state index in [0.29, 0.717) is 6.61 Å². The van der Waals surface area contributed by atoms with Crippen molar-refractivity contribution in [3.05, 3.63) is 49.4 Å². The molecule has 1 heterocycles. The Morgan fingerprint density at radius 1 is 1.16 bits per heavy atom. The van der Waals surface area contributed by atoms with Gasteiger partial charge >= 0.3 is 0 Å². The lowest BCUT2D eigenvalue weighted by Gasteiger charge is -2.11. The zero-order valence-corrected chi connectivity index (χ0v) is 14.8. The lowest BCUT2D eigenvalue weighted by molar-refractivity contribution is 0.297. The molecule has 3 nitrogen and oxygen atoms in total. The molecule has 0 unspecified atom stereocenters. The second kappa shape index (κ2) is 6.72. The van der Waals surface area contributed by atoms with Crippen LogP contribution in [0.2, 0.25) is 0 Å². The van der Waals surface area contributed by atoms with Crippen molar-refractivity contribution in [3.63, 3.8) is 0 Å². The lowest BCUT2D eigenvalue weighted by Crippen LogP contribution is -2.01. The van der Waals surface area contributed by atoms with Gasteiger partial charge in [0.1, 0.15) is 18.2 Å². The van der Waals surface area contributed by atoms with E-state index in [0.717, 1.165) is 30.7 Å². The van der Waals surface area contributed by atoms with E-state index in [1.54, 1.807) is 0 Å². The van der Waals surface area contributed by atoms with Crippen molar-refractivity contribution >= 4 is 53.6 Å². The highest BCUT2D eigenvalue weighted by Gasteiger charge is 2.09. The maximum atomic E-state index is 5.80. The van der Waals surface area contributed by atoms with E-state index >= 15 is 0 Å². The van der Waals surface area contributed by atoms with Gasteiger partial charge in [0.25, 0.3) is 0 Å². The number of rotatable bonds is 4. The van der Waals surface area contributed by atoms with Gasteiger partial charge in [-0.25, -0.2) is 4.98 Å². The molecule has 0 aliphatic rings. The Bertz CT molecular complexity index is 567. The summed E-state index contributed by atoms with van der Waals surface area (Å²) in [5.74, 6) is 1.59. The van der Waals surface area contributed by atoms with Crippen LogP contribution in [0, 0.1) is 0 Å². The molecule has 0 spiro atoms. The van der Waals surface area contributed by atoms with Gasteiger partial charge in [-0.1, -0.05) is 22.0 Å². The summed E-state index contributed by atoms with van der Waals surface area (Å²) in [5, 5.41) is 3.00.